The van der Waals surface area contributed by atoms with Crippen LogP contribution in [0.4, 0.5) is 16.2 Å². The normalized spacial score (nSPS) is 10.1. The van der Waals surface area contributed by atoms with Crippen LogP contribution in [0.3, 0.4) is 0 Å². The quantitative estimate of drug-likeness (QED) is 0.606. The van der Waals surface area contributed by atoms with E-state index in [1.54, 1.807) is 18.2 Å². The molecule has 5 heteroatoms. The molecule has 0 aromatic heterocycles. The molecule has 3 rings (SSSR count). The largest absolute Gasteiger partial charge is 0.457 e. The molecule has 0 saturated carbocycles. The van der Waals surface area contributed by atoms with Gasteiger partial charge in [-0.1, -0.05) is 48.5 Å². The Bertz CT molecular complexity index is 836. The summed E-state index contributed by atoms with van der Waals surface area (Å²) in [5.41, 5.74) is 7.93. The Balaban J connectivity index is 1.63. The molecule has 0 saturated heterocycles. The Morgan fingerprint density at radius 1 is 0.880 bits per heavy atom. The smallest absolute Gasteiger partial charge is 0.319 e. The number of anilines is 2. The van der Waals surface area contributed by atoms with Gasteiger partial charge < -0.3 is 21.1 Å². The zero-order valence-corrected chi connectivity index (χ0v) is 13.6. The first-order valence-corrected chi connectivity index (χ1v) is 7.92. The molecule has 0 bridgehead atoms. The number of nitrogens with two attached hydrogens (primary N) is 1. The van der Waals surface area contributed by atoms with Gasteiger partial charge in [0.2, 0.25) is 0 Å². The van der Waals surface area contributed by atoms with Crippen LogP contribution >= 0.6 is 0 Å². The van der Waals surface area contributed by atoms with E-state index in [-0.39, 0.29) is 6.03 Å². The molecule has 0 aliphatic heterocycles. The Morgan fingerprint density at radius 2 is 1.56 bits per heavy atom. The van der Waals surface area contributed by atoms with Gasteiger partial charge in [0.15, 0.2) is 0 Å². The topological polar surface area (TPSA) is 76.4 Å². The third kappa shape index (κ3) is 4.75. The number of amides is 2. The van der Waals surface area contributed by atoms with Crippen molar-refractivity contribution in [1.29, 1.82) is 0 Å². The van der Waals surface area contributed by atoms with E-state index >= 15 is 0 Å². The van der Waals surface area contributed by atoms with Gasteiger partial charge in [-0.15, -0.1) is 0 Å². The molecule has 0 spiro atoms. The third-order valence-corrected chi connectivity index (χ3v) is 3.55. The number of benzene rings is 3. The molecule has 3 aromatic carbocycles. The summed E-state index contributed by atoms with van der Waals surface area (Å²) >= 11 is 0. The van der Waals surface area contributed by atoms with Crippen LogP contribution in [0.25, 0.3) is 0 Å². The van der Waals surface area contributed by atoms with Gasteiger partial charge >= 0.3 is 6.03 Å². The van der Waals surface area contributed by atoms with E-state index in [4.69, 9.17) is 10.5 Å². The van der Waals surface area contributed by atoms with Crippen LogP contribution in [-0.2, 0) is 6.54 Å². The Morgan fingerprint density at radius 3 is 2.28 bits per heavy atom. The van der Waals surface area contributed by atoms with Crippen LogP contribution in [0.5, 0.6) is 11.5 Å². The van der Waals surface area contributed by atoms with E-state index in [1.165, 1.54) is 0 Å². The first kappa shape index (κ1) is 16.4. The van der Waals surface area contributed by atoms with Crippen molar-refractivity contribution >= 4 is 17.4 Å². The fourth-order valence-electron chi connectivity index (χ4n) is 2.28. The minimum Gasteiger partial charge on any atom is -0.457 e. The monoisotopic (exact) mass is 333 g/mol. The molecule has 4 N–H and O–H groups in total. The highest BCUT2D eigenvalue weighted by Crippen LogP contribution is 2.28. The minimum absolute atomic E-state index is 0.326. The predicted octanol–water partition coefficient (Wildman–Crippen LogP) is 4.38. The molecule has 0 atom stereocenters. The predicted molar refractivity (Wildman–Crippen MR) is 99.7 cm³/mol. The Hall–Kier alpha value is -3.47. The summed E-state index contributed by atoms with van der Waals surface area (Å²) in [6.07, 6.45) is 0. The van der Waals surface area contributed by atoms with Crippen LogP contribution in [0, 0.1) is 0 Å². The number of carbonyl (C=O) groups excluding carboxylic acids is 1. The second-order valence-electron chi connectivity index (χ2n) is 5.46. The van der Waals surface area contributed by atoms with Gasteiger partial charge in [-0.2, -0.15) is 0 Å². The van der Waals surface area contributed by atoms with Crippen molar-refractivity contribution in [2.24, 2.45) is 0 Å². The van der Waals surface area contributed by atoms with Crippen LogP contribution in [0.1, 0.15) is 5.56 Å². The maximum absolute atomic E-state index is 12.1. The molecule has 0 aliphatic carbocycles. The number of hydrogen-bond acceptors (Lipinski definition) is 3. The summed E-state index contributed by atoms with van der Waals surface area (Å²) in [5, 5.41) is 5.55. The lowest BCUT2D eigenvalue weighted by Gasteiger charge is -2.12. The lowest BCUT2D eigenvalue weighted by molar-refractivity contribution is 0.252. The van der Waals surface area contributed by atoms with Gasteiger partial charge in [0.1, 0.15) is 11.5 Å². The summed E-state index contributed by atoms with van der Waals surface area (Å²) < 4.78 is 5.76. The number of ether oxygens (including phenoxy) is 1. The van der Waals surface area contributed by atoms with Gasteiger partial charge in [-0.05, 0) is 29.8 Å². The maximum Gasteiger partial charge on any atom is 0.319 e. The van der Waals surface area contributed by atoms with Gasteiger partial charge in [0, 0.05) is 12.6 Å². The average Bonchev–Trinajstić information content (AvgIpc) is 2.64. The molecular weight excluding hydrogens is 314 g/mol. The zero-order chi connectivity index (χ0) is 17.5. The summed E-state index contributed by atoms with van der Waals surface area (Å²) in [7, 11) is 0. The number of para-hydroxylation sites is 1. The summed E-state index contributed by atoms with van der Waals surface area (Å²) in [6.45, 7) is 0.437. The second kappa shape index (κ2) is 7.88. The first-order chi connectivity index (χ1) is 12.2. The van der Waals surface area contributed by atoms with Gasteiger partial charge in [0.05, 0.1) is 11.4 Å². The standard InChI is InChI=1S/C20H19N3O2/c21-18-12-11-17(25-16-9-5-2-6-10-16)13-19(18)23-20(24)22-14-15-7-3-1-4-8-15/h1-13H,14,21H2,(H2,22,23,24). The second-order valence-corrected chi connectivity index (χ2v) is 5.46. The SMILES string of the molecule is Nc1ccc(Oc2ccccc2)cc1NC(=O)NCc1ccccc1. The summed E-state index contributed by atoms with van der Waals surface area (Å²) in [4.78, 5) is 12.1. The lowest BCUT2D eigenvalue weighted by Crippen LogP contribution is -2.28. The first-order valence-electron chi connectivity index (χ1n) is 7.92. The van der Waals surface area contributed by atoms with Crippen molar-refractivity contribution in [2.75, 3.05) is 11.1 Å². The molecule has 3 aromatic rings. The molecule has 126 valence electrons. The summed E-state index contributed by atoms with van der Waals surface area (Å²) in [6, 6.07) is 23.9. The van der Waals surface area contributed by atoms with Crippen molar-refractivity contribution in [2.45, 2.75) is 6.54 Å². The fraction of sp³-hybridized carbons (Fsp3) is 0.0500. The fourth-order valence-corrected chi connectivity index (χ4v) is 2.28. The average molecular weight is 333 g/mol. The third-order valence-electron chi connectivity index (χ3n) is 3.55. The minimum atomic E-state index is -0.326. The van der Waals surface area contributed by atoms with Crippen LogP contribution in [-0.4, -0.2) is 6.03 Å². The molecule has 0 unspecified atom stereocenters. The number of nitrogen functional groups attached to an aromatic ring is 1. The summed E-state index contributed by atoms with van der Waals surface area (Å²) in [5.74, 6) is 1.31. The van der Waals surface area contributed by atoms with Crippen molar-refractivity contribution < 1.29 is 9.53 Å². The van der Waals surface area contributed by atoms with E-state index < -0.39 is 0 Å². The maximum atomic E-state index is 12.1. The highest BCUT2D eigenvalue weighted by Gasteiger charge is 2.07. The van der Waals surface area contributed by atoms with Crippen LogP contribution in [0.2, 0.25) is 0 Å². The Kier molecular flexibility index (Phi) is 5.16. The molecule has 0 aliphatic rings. The van der Waals surface area contributed by atoms with E-state index in [2.05, 4.69) is 10.6 Å². The van der Waals surface area contributed by atoms with E-state index in [0.717, 1.165) is 5.56 Å². The lowest BCUT2D eigenvalue weighted by atomic mass is 10.2. The molecule has 0 heterocycles. The number of nitrogens with one attached hydrogen (secondary N) is 2. The van der Waals surface area contributed by atoms with Crippen molar-refractivity contribution in [3.05, 3.63) is 84.4 Å². The van der Waals surface area contributed by atoms with Gasteiger partial charge in [0.25, 0.3) is 0 Å². The van der Waals surface area contributed by atoms with E-state index in [9.17, 15) is 4.79 Å². The molecule has 0 fully saturated rings. The van der Waals surface area contributed by atoms with E-state index in [0.29, 0.717) is 29.4 Å². The van der Waals surface area contributed by atoms with E-state index in [1.807, 2.05) is 60.7 Å². The van der Waals surface area contributed by atoms with Gasteiger partial charge in [-0.3, -0.25) is 0 Å². The van der Waals surface area contributed by atoms with Crippen molar-refractivity contribution in [3.63, 3.8) is 0 Å². The van der Waals surface area contributed by atoms with Crippen molar-refractivity contribution in [3.8, 4) is 11.5 Å². The van der Waals surface area contributed by atoms with Crippen LogP contribution in [0.15, 0.2) is 78.9 Å². The highest BCUT2D eigenvalue weighted by atomic mass is 16.5. The van der Waals surface area contributed by atoms with Gasteiger partial charge in [-0.25, -0.2) is 4.79 Å². The molecule has 5 nitrogen and oxygen atoms in total. The molecular formula is C20H19N3O2. The Labute approximate surface area is 146 Å². The number of hydrogen-bond donors (Lipinski definition) is 3. The number of urea groups is 1. The van der Waals surface area contributed by atoms with Crippen molar-refractivity contribution in [1.82, 2.24) is 5.32 Å². The highest BCUT2D eigenvalue weighted by molar-refractivity contribution is 5.92. The molecule has 0 radical (unpaired) electrons. The number of rotatable bonds is 5. The van der Waals surface area contributed by atoms with Crippen LogP contribution < -0.4 is 21.1 Å². The number of carbonyl (C=O) groups is 1. The molecule has 25 heavy (non-hydrogen) atoms. The molecule has 2 amide bonds. The zero-order valence-electron chi connectivity index (χ0n) is 13.6.